The van der Waals surface area contributed by atoms with Gasteiger partial charge in [-0.15, -0.1) is 11.6 Å². The second-order valence-corrected chi connectivity index (χ2v) is 4.18. The Hall–Kier alpha value is -0.240. The molecule has 0 unspecified atom stereocenters. The predicted molar refractivity (Wildman–Crippen MR) is 50.3 cm³/mol. The standard InChI is InChI=1S/C9H16ClNO/c1-7(2)8(12)11-9(6-10)4-3-5-9/h7H,3-6H2,1-2H3,(H,11,12). The number of carbonyl (C=O) groups is 1. The lowest BCUT2D eigenvalue weighted by atomic mass is 9.78. The molecule has 1 rings (SSSR count). The first-order valence-electron chi connectivity index (χ1n) is 4.48. The molecule has 0 aromatic carbocycles. The molecule has 0 aromatic rings. The van der Waals surface area contributed by atoms with E-state index in [9.17, 15) is 4.79 Å². The first-order valence-corrected chi connectivity index (χ1v) is 5.01. The third-order valence-electron chi connectivity index (χ3n) is 2.48. The van der Waals surface area contributed by atoms with E-state index >= 15 is 0 Å². The summed E-state index contributed by atoms with van der Waals surface area (Å²) in [6.07, 6.45) is 3.26. The molecule has 1 amide bonds. The monoisotopic (exact) mass is 189 g/mol. The molecular weight excluding hydrogens is 174 g/mol. The number of alkyl halides is 1. The second-order valence-electron chi connectivity index (χ2n) is 3.91. The maximum atomic E-state index is 11.3. The molecule has 70 valence electrons. The summed E-state index contributed by atoms with van der Waals surface area (Å²) in [5.41, 5.74) is -0.0666. The number of nitrogens with one attached hydrogen (secondary N) is 1. The minimum atomic E-state index is -0.0666. The summed E-state index contributed by atoms with van der Waals surface area (Å²) in [5, 5.41) is 3.01. The second kappa shape index (κ2) is 3.65. The lowest BCUT2D eigenvalue weighted by Crippen LogP contribution is -2.55. The van der Waals surface area contributed by atoms with Crippen molar-refractivity contribution in [3.63, 3.8) is 0 Å². The highest BCUT2D eigenvalue weighted by Crippen LogP contribution is 2.32. The van der Waals surface area contributed by atoms with Crippen LogP contribution in [0.2, 0.25) is 0 Å². The summed E-state index contributed by atoms with van der Waals surface area (Å²) in [4.78, 5) is 11.3. The van der Waals surface area contributed by atoms with Gasteiger partial charge in [0, 0.05) is 11.8 Å². The van der Waals surface area contributed by atoms with E-state index in [1.54, 1.807) is 0 Å². The van der Waals surface area contributed by atoms with Crippen molar-refractivity contribution in [3.05, 3.63) is 0 Å². The zero-order valence-corrected chi connectivity index (χ0v) is 8.45. The van der Waals surface area contributed by atoms with Gasteiger partial charge in [-0.25, -0.2) is 0 Å². The van der Waals surface area contributed by atoms with Gasteiger partial charge in [0.2, 0.25) is 5.91 Å². The van der Waals surface area contributed by atoms with Crippen LogP contribution in [0.25, 0.3) is 0 Å². The SMILES string of the molecule is CC(C)C(=O)NC1(CCl)CCC1. The van der Waals surface area contributed by atoms with Crippen molar-refractivity contribution in [1.29, 1.82) is 0 Å². The average molecular weight is 190 g/mol. The zero-order valence-electron chi connectivity index (χ0n) is 7.69. The van der Waals surface area contributed by atoms with Crippen LogP contribution in [-0.4, -0.2) is 17.3 Å². The van der Waals surface area contributed by atoms with Gasteiger partial charge in [0.05, 0.1) is 5.54 Å². The van der Waals surface area contributed by atoms with E-state index in [0.29, 0.717) is 5.88 Å². The number of rotatable bonds is 3. The molecule has 0 aliphatic heterocycles. The first-order chi connectivity index (χ1) is 5.59. The number of hydrogen-bond acceptors (Lipinski definition) is 1. The van der Waals surface area contributed by atoms with E-state index < -0.39 is 0 Å². The molecule has 1 saturated carbocycles. The molecule has 0 spiro atoms. The van der Waals surface area contributed by atoms with Crippen LogP contribution in [-0.2, 0) is 4.79 Å². The maximum Gasteiger partial charge on any atom is 0.223 e. The zero-order chi connectivity index (χ0) is 9.19. The van der Waals surface area contributed by atoms with Crippen molar-refractivity contribution in [3.8, 4) is 0 Å². The Balaban J connectivity index is 2.43. The summed E-state index contributed by atoms with van der Waals surface area (Å²) in [6, 6.07) is 0. The summed E-state index contributed by atoms with van der Waals surface area (Å²) in [7, 11) is 0. The molecule has 3 heteroatoms. The molecule has 12 heavy (non-hydrogen) atoms. The molecule has 0 heterocycles. The summed E-state index contributed by atoms with van der Waals surface area (Å²) in [5.74, 6) is 0.729. The van der Waals surface area contributed by atoms with Crippen LogP contribution in [0.15, 0.2) is 0 Å². The van der Waals surface area contributed by atoms with Crippen LogP contribution in [0.3, 0.4) is 0 Å². The van der Waals surface area contributed by atoms with Gasteiger partial charge in [-0.05, 0) is 19.3 Å². The van der Waals surface area contributed by atoms with E-state index in [2.05, 4.69) is 5.32 Å². The molecule has 0 aromatic heterocycles. The Morgan fingerprint density at radius 3 is 2.42 bits per heavy atom. The van der Waals surface area contributed by atoms with Gasteiger partial charge in [-0.2, -0.15) is 0 Å². The van der Waals surface area contributed by atoms with Crippen LogP contribution in [0.5, 0.6) is 0 Å². The highest BCUT2D eigenvalue weighted by atomic mass is 35.5. The number of halogens is 1. The lowest BCUT2D eigenvalue weighted by Gasteiger charge is -2.41. The Labute approximate surface area is 78.7 Å². The van der Waals surface area contributed by atoms with E-state index in [-0.39, 0.29) is 17.4 Å². The van der Waals surface area contributed by atoms with Crippen molar-refractivity contribution in [2.24, 2.45) is 5.92 Å². The van der Waals surface area contributed by atoms with Gasteiger partial charge in [-0.1, -0.05) is 13.8 Å². The third-order valence-corrected chi connectivity index (χ3v) is 2.99. The van der Waals surface area contributed by atoms with Crippen molar-refractivity contribution in [2.45, 2.75) is 38.6 Å². The van der Waals surface area contributed by atoms with Gasteiger partial charge in [0.25, 0.3) is 0 Å². The van der Waals surface area contributed by atoms with E-state index in [1.165, 1.54) is 6.42 Å². The summed E-state index contributed by atoms with van der Waals surface area (Å²) >= 11 is 5.79. The number of carbonyl (C=O) groups excluding carboxylic acids is 1. The molecule has 2 nitrogen and oxygen atoms in total. The van der Waals surface area contributed by atoms with Crippen LogP contribution >= 0.6 is 11.6 Å². The fraction of sp³-hybridized carbons (Fsp3) is 0.889. The molecule has 0 bridgehead atoms. The minimum absolute atomic E-state index is 0.0608. The average Bonchev–Trinajstić information content (AvgIpc) is 1.96. The molecule has 1 N–H and O–H groups in total. The summed E-state index contributed by atoms with van der Waals surface area (Å²) in [6.45, 7) is 3.80. The van der Waals surface area contributed by atoms with Crippen LogP contribution in [0.4, 0.5) is 0 Å². The van der Waals surface area contributed by atoms with Crippen LogP contribution in [0, 0.1) is 5.92 Å². The van der Waals surface area contributed by atoms with Crippen LogP contribution in [0.1, 0.15) is 33.1 Å². The van der Waals surface area contributed by atoms with Crippen molar-refractivity contribution < 1.29 is 4.79 Å². The van der Waals surface area contributed by atoms with Gasteiger partial charge in [0.1, 0.15) is 0 Å². The molecule has 1 aliphatic rings. The maximum absolute atomic E-state index is 11.3. The first kappa shape index (κ1) is 9.85. The van der Waals surface area contributed by atoms with Gasteiger partial charge >= 0.3 is 0 Å². The number of hydrogen-bond donors (Lipinski definition) is 1. The summed E-state index contributed by atoms with van der Waals surface area (Å²) < 4.78 is 0. The fourth-order valence-corrected chi connectivity index (χ4v) is 1.64. The Bertz CT molecular complexity index is 170. The Morgan fingerprint density at radius 1 is 1.58 bits per heavy atom. The van der Waals surface area contributed by atoms with Crippen LogP contribution < -0.4 is 5.32 Å². The van der Waals surface area contributed by atoms with Gasteiger partial charge < -0.3 is 5.32 Å². The topological polar surface area (TPSA) is 29.1 Å². The third kappa shape index (κ3) is 1.92. The largest absolute Gasteiger partial charge is 0.349 e. The minimum Gasteiger partial charge on any atom is -0.349 e. The van der Waals surface area contributed by atoms with Gasteiger partial charge in [-0.3, -0.25) is 4.79 Å². The highest BCUT2D eigenvalue weighted by molar-refractivity contribution is 6.18. The molecule has 1 fully saturated rings. The van der Waals surface area contributed by atoms with E-state index in [4.69, 9.17) is 11.6 Å². The normalized spacial score (nSPS) is 20.3. The molecule has 0 atom stereocenters. The van der Waals surface area contributed by atoms with Crippen molar-refractivity contribution >= 4 is 17.5 Å². The fourth-order valence-electron chi connectivity index (χ4n) is 1.30. The Kier molecular flexibility index (Phi) is 2.99. The highest BCUT2D eigenvalue weighted by Gasteiger charge is 2.37. The van der Waals surface area contributed by atoms with E-state index in [1.807, 2.05) is 13.8 Å². The predicted octanol–water partition coefficient (Wildman–Crippen LogP) is 1.92. The molecule has 0 saturated heterocycles. The Morgan fingerprint density at radius 2 is 2.17 bits per heavy atom. The molecule has 1 aliphatic carbocycles. The van der Waals surface area contributed by atoms with Crippen molar-refractivity contribution in [1.82, 2.24) is 5.32 Å². The van der Waals surface area contributed by atoms with Gasteiger partial charge in [0.15, 0.2) is 0 Å². The van der Waals surface area contributed by atoms with Crippen molar-refractivity contribution in [2.75, 3.05) is 5.88 Å². The number of amides is 1. The quantitative estimate of drug-likeness (QED) is 0.676. The lowest BCUT2D eigenvalue weighted by molar-refractivity contribution is -0.126. The molecular formula is C9H16ClNO. The molecule has 0 radical (unpaired) electrons. The smallest absolute Gasteiger partial charge is 0.223 e. The van der Waals surface area contributed by atoms with E-state index in [0.717, 1.165) is 12.8 Å².